The summed E-state index contributed by atoms with van der Waals surface area (Å²) in [7, 11) is 1.87. The van der Waals surface area contributed by atoms with Crippen LogP contribution in [0.4, 0.5) is 5.82 Å². The molecular formula is C17H18N4. The molecule has 0 radical (unpaired) electrons. The van der Waals surface area contributed by atoms with E-state index in [1.54, 1.807) is 0 Å². The van der Waals surface area contributed by atoms with E-state index in [4.69, 9.17) is 0 Å². The van der Waals surface area contributed by atoms with E-state index in [1.807, 2.05) is 37.5 Å². The number of rotatable bonds is 3. The first-order valence-corrected chi connectivity index (χ1v) is 7.10. The summed E-state index contributed by atoms with van der Waals surface area (Å²) in [6.07, 6.45) is 1.81. The zero-order valence-electron chi connectivity index (χ0n) is 12.5. The standard InChI is InChI=1S/C17H18N4/c1-11(2)14-10-15(18-3)21-17(20-14)16-13-7-5-4-6-12(13)8-9-19-16/h4-11H,1-3H3,(H,18,20,21). The Bertz CT molecular complexity index is 775. The third kappa shape index (κ3) is 2.57. The number of aromatic nitrogens is 3. The molecule has 0 spiro atoms. The largest absolute Gasteiger partial charge is 0.373 e. The molecule has 2 aromatic heterocycles. The summed E-state index contributed by atoms with van der Waals surface area (Å²) in [6, 6.07) is 12.2. The van der Waals surface area contributed by atoms with Crippen LogP contribution in [0.3, 0.4) is 0 Å². The van der Waals surface area contributed by atoms with Crippen molar-refractivity contribution in [3.05, 3.63) is 48.3 Å². The van der Waals surface area contributed by atoms with Gasteiger partial charge in [-0.3, -0.25) is 4.98 Å². The van der Waals surface area contributed by atoms with E-state index in [0.29, 0.717) is 11.7 Å². The van der Waals surface area contributed by atoms with Gasteiger partial charge in [-0.1, -0.05) is 38.1 Å². The highest BCUT2D eigenvalue weighted by Gasteiger charge is 2.12. The highest BCUT2D eigenvalue weighted by molar-refractivity contribution is 5.92. The average molecular weight is 278 g/mol. The second-order valence-electron chi connectivity index (χ2n) is 5.29. The SMILES string of the molecule is CNc1cc(C(C)C)nc(-c2nccc3ccccc23)n1. The van der Waals surface area contributed by atoms with Crippen LogP contribution >= 0.6 is 0 Å². The molecule has 0 atom stereocenters. The molecule has 4 nitrogen and oxygen atoms in total. The van der Waals surface area contributed by atoms with Crippen LogP contribution in [0, 0.1) is 0 Å². The fraction of sp³-hybridized carbons (Fsp3) is 0.235. The normalized spacial score (nSPS) is 11.0. The van der Waals surface area contributed by atoms with Crippen LogP contribution in [-0.4, -0.2) is 22.0 Å². The van der Waals surface area contributed by atoms with E-state index in [-0.39, 0.29) is 0 Å². The number of anilines is 1. The van der Waals surface area contributed by atoms with Crippen molar-refractivity contribution < 1.29 is 0 Å². The van der Waals surface area contributed by atoms with Gasteiger partial charge in [0.1, 0.15) is 11.5 Å². The fourth-order valence-electron chi connectivity index (χ4n) is 2.29. The number of pyridine rings is 1. The molecule has 0 amide bonds. The van der Waals surface area contributed by atoms with Gasteiger partial charge in [0.15, 0.2) is 5.82 Å². The van der Waals surface area contributed by atoms with Crippen molar-refractivity contribution in [2.24, 2.45) is 0 Å². The number of benzene rings is 1. The first kappa shape index (κ1) is 13.5. The summed E-state index contributed by atoms with van der Waals surface area (Å²) in [5.41, 5.74) is 1.84. The average Bonchev–Trinajstić information content (AvgIpc) is 2.53. The molecule has 0 unspecified atom stereocenters. The molecule has 0 aliphatic rings. The molecule has 106 valence electrons. The summed E-state index contributed by atoms with van der Waals surface area (Å²) in [4.78, 5) is 13.8. The first-order chi connectivity index (χ1) is 10.2. The van der Waals surface area contributed by atoms with Crippen molar-refractivity contribution in [1.29, 1.82) is 0 Å². The minimum atomic E-state index is 0.342. The third-order valence-electron chi connectivity index (χ3n) is 3.48. The molecule has 0 aliphatic carbocycles. The predicted octanol–water partition coefficient (Wildman–Crippen LogP) is 3.86. The van der Waals surface area contributed by atoms with Crippen LogP contribution in [-0.2, 0) is 0 Å². The van der Waals surface area contributed by atoms with Crippen molar-refractivity contribution in [3.63, 3.8) is 0 Å². The number of hydrogen-bond donors (Lipinski definition) is 1. The molecule has 3 aromatic rings. The van der Waals surface area contributed by atoms with Crippen LogP contribution in [0.5, 0.6) is 0 Å². The van der Waals surface area contributed by atoms with Crippen molar-refractivity contribution in [2.45, 2.75) is 19.8 Å². The van der Waals surface area contributed by atoms with Crippen molar-refractivity contribution in [1.82, 2.24) is 15.0 Å². The Hall–Kier alpha value is -2.49. The molecule has 0 bridgehead atoms. The van der Waals surface area contributed by atoms with Crippen molar-refractivity contribution in [2.75, 3.05) is 12.4 Å². The topological polar surface area (TPSA) is 50.7 Å². The molecule has 1 aromatic carbocycles. The van der Waals surface area contributed by atoms with Gasteiger partial charge in [-0.05, 0) is 17.4 Å². The Balaban J connectivity index is 2.25. The Labute approximate surface area is 124 Å². The quantitative estimate of drug-likeness (QED) is 0.790. The maximum absolute atomic E-state index is 4.69. The molecule has 4 heteroatoms. The van der Waals surface area contributed by atoms with Crippen LogP contribution in [0.1, 0.15) is 25.5 Å². The Kier molecular flexibility index (Phi) is 3.52. The lowest BCUT2D eigenvalue weighted by molar-refractivity contribution is 0.817. The maximum Gasteiger partial charge on any atom is 0.181 e. The Morgan fingerprint density at radius 3 is 2.62 bits per heavy atom. The minimum Gasteiger partial charge on any atom is -0.373 e. The van der Waals surface area contributed by atoms with Crippen molar-refractivity contribution >= 4 is 16.6 Å². The Morgan fingerprint density at radius 2 is 1.86 bits per heavy atom. The molecule has 3 rings (SSSR count). The van der Waals surface area contributed by atoms with Crippen LogP contribution in [0.15, 0.2) is 42.6 Å². The Morgan fingerprint density at radius 1 is 1.05 bits per heavy atom. The first-order valence-electron chi connectivity index (χ1n) is 7.10. The fourth-order valence-corrected chi connectivity index (χ4v) is 2.29. The van der Waals surface area contributed by atoms with Gasteiger partial charge in [0.2, 0.25) is 0 Å². The highest BCUT2D eigenvalue weighted by atomic mass is 15.0. The zero-order chi connectivity index (χ0) is 14.8. The van der Waals surface area contributed by atoms with E-state index < -0.39 is 0 Å². The molecule has 21 heavy (non-hydrogen) atoms. The second kappa shape index (κ2) is 5.48. The summed E-state index contributed by atoms with van der Waals surface area (Å²) in [5, 5.41) is 5.32. The van der Waals surface area contributed by atoms with Crippen LogP contribution < -0.4 is 5.32 Å². The van der Waals surface area contributed by atoms with Gasteiger partial charge in [-0.15, -0.1) is 0 Å². The summed E-state index contributed by atoms with van der Waals surface area (Å²) in [5.74, 6) is 1.83. The van der Waals surface area contributed by atoms with Crippen LogP contribution in [0.2, 0.25) is 0 Å². The molecule has 1 N–H and O–H groups in total. The lowest BCUT2D eigenvalue weighted by Gasteiger charge is -2.11. The van der Waals surface area contributed by atoms with Crippen LogP contribution in [0.25, 0.3) is 22.3 Å². The number of nitrogens with one attached hydrogen (secondary N) is 1. The van der Waals surface area contributed by atoms with Gasteiger partial charge in [0.25, 0.3) is 0 Å². The van der Waals surface area contributed by atoms with Crippen molar-refractivity contribution in [3.8, 4) is 11.5 Å². The van der Waals surface area contributed by atoms with Gasteiger partial charge in [-0.25, -0.2) is 9.97 Å². The smallest absolute Gasteiger partial charge is 0.181 e. The lowest BCUT2D eigenvalue weighted by Crippen LogP contribution is -2.03. The number of hydrogen-bond acceptors (Lipinski definition) is 4. The zero-order valence-corrected chi connectivity index (χ0v) is 12.5. The molecular weight excluding hydrogens is 260 g/mol. The second-order valence-corrected chi connectivity index (χ2v) is 5.29. The van der Waals surface area contributed by atoms with E-state index in [1.165, 1.54) is 0 Å². The number of nitrogens with zero attached hydrogens (tertiary/aromatic N) is 3. The van der Waals surface area contributed by atoms with E-state index in [0.717, 1.165) is 28.0 Å². The number of fused-ring (bicyclic) bond motifs is 1. The molecule has 0 fully saturated rings. The maximum atomic E-state index is 4.69. The summed E-state index contributed by atoms with van der Waals surface area (Å²) >= 11 is 0. The lowest BCUT2D eigenvalue weighted by atomic mass is 10.1. The van der Waals surface area contributed by atoms with E-state index in [2.05, 4.69) is 46.2 Å². The summed E-state index contributed by atoms with van der Waals surface area (Å²) in [6.45, 7) is 4.25. The third-order valence-corrected chi connectivity index (χ3v) is 3.48. The van der Waals surface area contributed by atoms with Gasteiger partial charge in [-0.2, -0.15) is 0 Å². The van der Waals surface area contributed by atoms with Gasteiger partial charge in [0, 0.05) is 30.4 Å². The molecule has 0 aliphatic heterocycles. The highest BCUT2D eigenvalue weighted by Crippen LogP contribution is 2.26. The predicted molar refractivity (Wildman–Crippen MR) is 86.4 cm³/mol. The van der Waals surface area contributed by atoms with Gasteiger partial charge in [0.05, 0.1) is 0 Å². The van der Waals surface area contributed by atoms with Gasteiger partial charge >= 0.3 is 0 Å². The van der Waals surface area contributed by atoms with Gasteiger partial charge < -0.3 is 5.32 Å². The molecule has 0 saturated carbocycles. The minimum absolute atomic E-state index is 0.342. The summed E-state index contributed by atoms with van der Waals surface area (Å²) < 4.78 is 0. The molecule has 0 saturated heterocycles. The molecule has 2 heterocycles. The monoisotopic (exact) mass is 278 g/mol. The van der Waals surface area contributed by atoms with E-state index in [9.17, 15) is 0 Å². The van der Waals surface area contributed by atoms with E-state index >= 15 is 0 Å².